The molecule has 1 unspecified atom stereocenters. The van der Waals surface area contributed by atoms with Crippen LogP contribution in [-0.2, 0) is 4.74 Å². The zero-order valence-electron chi connectivity index (χ0n) is 9.37. The number of piperidine rings is 1. The molecule has 1 fully saturated rings. The van der Waals surface area contributed by atoms with Crippen LogP contribution in [0.25, 0.3) is 0 Å². The lowest BCUT2D eigenvalue weighted by Gasteiger charge is -2.27. The van der Waals surface area contributed by atoms with E-state index in [-0.39, 0.29) is 6.10 Å². The highest BCUT2D eigenvalue weighted by Gasteiger charge is 2.12. The molecule has 0 spiro atoms. The van der Waals surface area contributed by atoms with Gasteiger partial charge in [0.05, 0.1) is 6.10 Å². The molecule has 0 aromatic carbocycles. The molecule has 0 bridgehead atoms. The minimum absolute atomic E-state index is 0.266. The number of nitrogens with zero attached hydrogens (tertiary/aromatic N) is 1. The van der Waals surface area contributed by atoms with Crippen LogP contribution >= 0.6 is 0 Å². The Morgan fingerprint density at radius 2 is 2.00 bits per heavy atom. The summed E-state index contributed by atoms with van der Waals surface area (Å²) < 4.78 is 5.53. The SMILES string of the molecule is CCOC(CN)CCN1CCCCC1. The summed E-state index contributed by atoms with van der Waals surface area (Å²) in [4.78, 5) is 2.53. The molecule has 1 rings (SSSR count). The Morgan fingerprint density at radius 1 is 1.29 bits per heavy atom. The predicted octanol–water partition coefficient (Wildman–Crippen LogP) is 1.23. The first-order valence-electron chi connectivity index (χ1n) is 5.90. The molecule has 3 heteroatoms. The van der Waals surface area contributed by atoms with Gasteiger partial charge in [-0.1, -0.05) is 6.42 Å². The van der Waals surface area contributed by atoms with E-state index in [4.69, 9.17) is 10.5 Å². The van der Waals surface area contributed by atoms with Crippen molar-refractivity contribution in [1.82, 2.24) is 4.90 Å². The Morgan fingerprint density at radius 3 is 2.57 bits per heavy atom. The first kappa shape index (κ1) is 12.0. The maximum absolute atomic E-state index is 5.63. The second kappa shape index (κ2) is 7.21. The van der Waals surface area contributed by atoms with Crippen LogP contribution in [0.3, 0.4) is 0 Å². The van der Waals surface area contributed by atoms with Crippen LogP contribution < -0.4 is 5.73 Å². The van der Waals surface area contributed by atoms with E-state index in [0.29, 0.717) is 6.54 Å². The molecule has 1 saturated heterocycles. The lowest BCUT2D eigenvalue weighted by atomic mass is 10.1. The fourth-order valence-electron chi connectivity index (χ4n) is 2.01. The topological polar surface area (TPSA) is 38.5 Å². The Hall–Kier alpha value is -0.120. The van der Waals surface area contributed by atoms with Gasteiger partial charge in [-0.05, 0) is 39.3 Å². The minimum atomic E-state index is 0.266. The van der Waals surface area contributed by atoms with Crippen molar-refractivity contribution in [2.24, 2.45) is 5.73 Å². The van der Waals surface area contributed by atoms with Gasteiger partial charge >= 0.3 is 0 Å². The van der Waals surface area contributed by atoms with Gasteiger partial charge in [-0.2, -0.15) is 0 Å². The summed E-state index contributed by atoms with van der Waals surface area (Å²) in [6, 6.07) is 0. The summed E-state index contributed by atoms with van der Waals surface area (Å²) in [5, 5.41) is 0. The van der Waals surface area contributed by atoms with Gasteiger partial charge in [0.15, 0.2) is 0 Å². The van der Waals surface area contributed by atoms with Crippen molar-refractivity contribution in [2.75, 3.05) is 32.8 Å². The third-order valence-electron chi connectivity index (χ3n) is 2.88. The highest BCUT2D eigenvalue weighted by molar-refractivity contribution is 4.67. The second-order valence-corrected chi connectivity index (χ2v) is 4.00. The van der Waals surface area contributed by atoms with Gasteiger partial charge in [-0.15, -0.1) is 0 Å². The van der Waals surface area contributed by atoms with E-state index in [1.165, 1.54) is 32.4 Å². The van der Waals surface area contributed by atoms with Crippen molar-refractivity contribution in [2.45, 2.75) is 38.7 Å². The van der Waals surface area contributed by atoms with Gasteiger partial charge in [0.1, 0.15) is 0 Å². The van der Waals surface area contributed by atoms with Crippen molar-refractivity contribution < 1.29 is 4.74 Å². The first-order chi connectivity index (χ1) is 6.86. The van der Waals surface area contributed by atoms with Crippen molar-refractivity contribution in [1.29, 1.82) is 0 Å². The summed E-state index contributed by atoms with van der Waals surface area (Å²) in [6.45, 7) is 7.15. The summed E-state index contributed by atoms with van der Waals surface area (Å²) in [5.41, 5.74) is 5.63. The molecule has 1 aliphatic rings. The Bertz CT molecular complexity index is 130. The second-order valence-electron chi connectivity index (χ2n) is 4.00. The Kier molecular flexibility index (Phi) is 6.15. The van der Waals surface area contributed by atoms with Crippen molar-refractivity contribution in [3.05, 3.63) is 0 Å². The average Bonchev–Trinajstić information content (AvgIpc) is 2.25. The molecule has 0 aliphatic carbocycles. The Labute approximate surface area is 87.6 Å². The van der Waals surface area contributed by atoms with Gasteiger partial charge in [0.2, 0.25) is 0 Å². The molecule has 0 amide bonds. The van der Waals surface area contributed by atoms with Crippen LogP contribution in [0, 0.1) is 0 Å². The monoisotopic (exact) mass is 200 g/mol. The molecule has 0 saturated carbocycles. The van der Waals surface area contributed by atoms with Gasteiger partial charge in [0.25, 0.3) is 0 Å². The molecular formula is C11H24N2O. The third-order valence-corrected chi connectivity index (χ3v) is 2.88. The maximum atomic E-state index is 5.63. The molecule has 0 aromatic rings. The van der Waals surface area contributed by atoms with Crippen LogP contribution in [0.5, 0.6) is 0 Å². The number of hydrogen-bond acceptors (Lipinski definition) is 3. The van der Waals surface area contributed by atoms with Crippen LogP contribution in [-0.4, -0.2) is 43.8 Å². The standard InChI is InChI=1S/C11H24N2O/c1-2-14-11(10-12)6-9-13-7-4-3-5-8-13/h11H,2-10,12H2,1H3. The fourth-order valence-corrected chi connectivity index (χ4v) is 2.01. The van der Waals surface area contributed by atoms with E-state index in [1.54, 1.807) is 0 Å². The normalized spacial score (nSPS) is 21.0. The summed E-state index contributed by atoms with van der Waals surface area (Å²) in [7, 11) is 0. The van der Waals surface area contributed by atoms with E-state index in [1.807, 2.05) is 6.92 Å². The quantitative estimate of drug-likeness (QED) is 0.701. The highest BCUT2D eigenvalue weighted by Crippen LogP contribution is 2.10. The first-order valence-corrected chi connectivity index (χ1v) is 5.90. The number of likely N-dealkylation sites (tertiary alicyclic amines) is 1. The molecule has 14 heavy (non-hydrogen) atoms. The minimum Gasteiger partial charge on any atom is -0.377 e. The summed E-state index contributed by atoms with van der Waals surface area (Å²) in [6.07, 6.45) is 5.48. The summed E-state index contributed by atoms with van der Waals surface area (Å²) >= 11 is 0. The van der Waals surface area contributed by atoms with Gasteiger partial charge in [-0.3, -0.25) is 0 Å². The van der Waals surface area contributed by atoms with Gasteiger partial charge in [0, 0.05) is 19.7 Å². The summed E-state index contributed by atoms with van der Waals surface area (Å²) in [5.74, 6) is 0. The largest absolute Gasteiger partial charge is 0.377 e. The fraction of sp³-hybridized carbons (Fsp3) is 1.00. The highest BCUT2D eigenvalue weighted by atomic mass is 16.5. The number of nitrogens with two attached hydrogens (primary N) is 1. The van der Waals surface area contributed by atoms with E-state index in [2.05, 4.69) is 4.90 Å². The number of ether oxygens (including phenoxy) is 1. The van der Waals surface area contributed by atoms with E-state index < -0.39 is 0 Å². The van der Waals surface area contributed by atoms with Gasteiger partial charge in [-0.25, -0.2) is 0 Å². The lowest BCUT2D eigenvalue weighted by Crippen LogP contribution is -2.34. The zero-order valence-corrected chi connectivity index (χ0v) is 9.37. The molecule has 0 aromatic heterocycles. The number of rotatable bonds is 6. The molecule has 84 valence electrons. The van der Waals surface area contributed by atoms with Crippen molar-refractivity contribution in [3.8, 4) is 0 Å². The third kappa shape index (κ3) is 4.40. The maximum Gasteiger partial charge on any atom is 0.0709 e. The smallest absolute Gasteiger partial charge is 0.0709 e. The predicted molar refractivity (Wildman–Crippen MR) is 59.4 cm³/mol. The lowest BCUT2D eigenvalue weighted by molar-refractivity contribution is 0.0525. The average molecular weight is 200 g/mol. The molecule has 1 atom stereocenters. The van der Waals surface area contributed by atoms with Crippen molar-refractivity contribution in [3.63, 3.8) is 0 Å². The Balaban J connectivity index is 2.10. The van der Waals surface area contributed by atoms with Crippen LogP contribution in [0.1, 0.15) is 32.6 Å². The molecular weight excluding hydrogens is 176 g/mol. The van der Waals surface area contributed by atoms with Crippen LogP contribution in [0.15, 0.2) is 0 Å². The molecule has 0 radical (unpaired) electrons. The van der Waals surface area contributed by atoms with Crippen molar-refractivity contribution >= 4 is 0 Å². The van der Waals surface area contributed by atoms with E-state index in [9.17, 15) is 0 Å². The van der Waals surface area contributed by atoms with Crippen LogP contribution in [0.2, 0.25) is 0 Å². The molecule has 1 aliphatic heterocycles. The zero-order chi connectivity index (χ0) is 10.2. The van der Waals surface area contributed by atoms with E-state index in [0.717, 1.165) is 19.6 Å². The van der Waals surface area contributed by atoms with Crippen LogP contribution in [0.4, 0.5) is 0 Å². The molecule has 3 nitrogen and oxygen atoms in total. The molecule has 2 N–H and O–H groups in total. The number of hydrogen-bond donors (Lipinski definition) is 1. The molecule has 1 heterocycles. The van der Waals surface area contributed by atoms with E-state index >= 15 is 0 Å². The van der Waals surface area contributed by atoms with Gasteiger partial charge < -0.3 is 15.4 Å².